The fraction of sp³-hybridized carbons (Fsp3) is 0. The molecule has 0 saturated carbocycles. The topological polar surface area (TPSA) is 65.2 Å². The molecule has 2 aromatic rings. The van der Waals surface area contributed by atoms with Crippen LogP contribution in [0.3, 0.4) is 0 Å². The summed E-state index contributed by atoms with van der Waals surface area (Å²) in [5.41, 5.74) is 1.81. The first-order valence-corrected chi connectivity index (χ1v) is 5.42. The first-order valence-electron chi connectivity index (χ1n) is 5.42. The van der Waals surface area contributed by atoms with E-state index in [0.29, 0.717) is 11.1 Å². The number of benzene rings is 2. The van der Waals surface area contributed by atoms with Crippen LogP contribution in [-0.2, 0) is 16.5 Å². The van der Waals surface area contributed by atoms with Gasteiger partial charge in [-0.15, -0.1) is 0 Å². The number of hydrogen-bond acceptors (Lipinski definition) is 4. The Kier molecular flexibility index (Phi) is 5.77. The van der Waals surface area contributed by atoms with Crippen molar-refractivity contribution in [3.63, 3.8) is 0 Å². The van der Waals surface area contributed by atoms with Gasteiger partial charge in [0.15, 0.2) is 0 Å². The monoisotopic (exact) mass is 298 g/mol. The van der Waals surface area contributed by atoms with Crippen LogP contribution in [0.1, 0.15) is 11.1 Å². The normalized spacial score (nSPS) is 11.8. The van der Waals surface area contributed by atoms with Crippen LogP contribution in [0.5, 0.6) is 0 Å². The molecular formula is C14H12N2NiO2. The molecule has 0 radical (unpaired) electrons. The van der Waals surface area contributed by atoms with Crippen molar-refractivity contribution in [2.24, 2.45) is 10.3 Å². The Bertz CT molecular complexity index is 515. The first kappa shape index (κ1) is 14.9. The maximum absolute atomic E-state index is 9.14. The van der Waals surface area contributed by atoms with Crippen LogP contribution in [0.4, 0.5) is 0 Å². The molecule has 0 aliphatic rings. The second-order valence-corrected chi connectivity index (χ2v) is 3.63. The average molecular weight is 299 g/mol. The minimum atomic E-state index is 0. The van der Waals surface area contributed by atoms with E-state index in [-0.39, 0.29) is 27.9 Å². The molecule has 0 unspecified atom stereocenters. The van der Waals surface area contributed by atoms with Gasteiger partial charge in [0.05, 0.1) is 0 Å². The van der Waals surface area contributed by atoms with Crippen LogP contribution in [0.2, 0.25) is 0 Å². The van der Waals surface area contributed by atoms with Crippen LogP contribution in [0, 0.1) is 0 Å². The molecule has 2 N–H and O–H groups in total. The van der Waals surface area contributed by atoms with Gasteiger partial charge in [-0.1, -0.05) is 71.0 Å². The largest absolute Gasteiger partial charge is 0.410 e. The van der Waals surface area contributed by atoms with Gasteiger partial charge in [0, 0.05) is 27.6 Å². The van der Waals surface area contributed by atoms with Crippen molar-refractivity contribution in [3.8, 4) is 0 Å². The SMILES string of the molecule is ON=C(C(=NO)c1ccccc1)c1ccccc1.[Ni]. The van der Waals surface area contributed by atoms with Crippen LogP contribution < -0.4 is 0 Å². The van der Waals surface area contributed by atoms with E-state index in [4.69, 9.17) is 10.4 Å². The Labute approximate surface area is 121 Å². The van der Waals surface area contributed by atoms with Gasteiger partial charge in [0.1, 0.15) is 11.4 Å². The van der Waals surface area contributed by atoms with E-state index in [2.05, 4.69) is 10.3 Å². The van der Waals surface area contributed by atoms with Crippen LogP contribution >= 0.6 is 0 Å². The Morgan fingerprint density at radius 3 is 1.21 bits per heavy atom. The van der Waals surface area contributed by atoms with Crippen molar-refractivity contribution in [2.45, 2.75) is 0 Å². The minimum Gasteiger partial charge on any atom is -0.410 e. The fourth-order valence-electron chi connectivity index (χ4n) is 1.68. The van der Waals surface area contributed by atoms with E-state index in [0.717, 1.165) is 0 Å². The van der Waals surface area contributed by atoms with E-state index >= 15 is 0 Å². The molecule has 5 heteroatoms. The number of hydrogen-bond donors (Lipinski definition) is 2. The molecule has 100 valence electrons. The first-order chi connectivity index (χ1) is 8.86. The summed E-state index contributed by atoms with van der Waals surface area (Å²) in [6.45, 7) is 0. The van der Waals surface area contributed by atoms with Crippen molar-refractivity contribution >= 4 is 11.4 Å². The quantitative estimate of drug-likeness (QED) is 0.396. The molecule has 0 aliphatic carbocycles. The van der Waals surface area contributed by atoms with Crippen LogP contribution in [-0.4, -0.2) is 21.8 Å². The van der Waals surface area contributed by atoms with E-state index in [1.54, 1.807) is 24.3 Å². The zero-order valence-electron chi connectivity index (χ0n) is 9.88. The van der Waals surface area contributed by atoms with Gasteiger partial charge < -0.3 is 10.4 Å². The summed E-state index contributed by atoms with van der Waals surface area (Å²) in [5.74, 6) is 0. The smallest absolute Gasteiger partial charge is 0.139 e. The Balaban J connectivity index is 0.00000180. The van der Waals surface area contributed by atoms with E-state index in [1.165, 1.54) is 0 Å². The van der Waals surface area contributed by atoms with E-state index in [9.17, 15) is 0 Å². The summed E-state index contributed by atoms with van der Waals surface area (Å²) < 4.78 is 0. The molecule has 0 bridgehead atoms. The Morgan fingerprint density at radius 1 is 0.632 bits per heavy atom. The number of nitrogens with zero attached hydrogens (tertiary/aromatic N) is 2. The van der Waals surface area contributed by atoms with Gasteiger partial charge in [-0.05, 0) is 0 Å². The molecule has 4 nitrogen and oxygen atoms in total. The summed E-state index contributed by atoms with van der Waals surface area (Å²) >= 11 is 0. The summed E-state index contributed by atoms with van der Waals surface area (Å²) in [7, 11) is 0. The third-order valence-corrected chi connectivity index (χ3v) is 2.52. The zero-order chi connectivity index (χ0) is 12.8. The van der Waals surface area contributed by atoms with Crippen LogP contribution in [0.15, 0.2) is 71.0 Å². The Morgan fingerprint density at radius 2 is 0.947 bits per heavy atom. The average Bonchev–Trinajstić information content (AvgIpc) is 2.46. The predicted octanol–water partition coefficient (Wildman–Crippen LogP) is 2.74. The summed E-state index contributed by atoms with van der Waals surface area (Å²) in [6.07, 6.45) is 0. The molecule has 0 aliphatic heterocycles. The van der Waals surface area contributed by atoms with Crippen molar-refractivity contribution < 1.29 is 26.9 Å². The molecule has 19 heavy (non-hydrogen) atoms. The summed E-state index contributed by atoms with van der Waals surface area (Å²) in [5, 5.41) is 24.7. The molecule has 0 heterocycles. The van der Waals surface area contributed by atoms with E-state index < -0.39 is 0 Å². The van der Waals surface area contributed by atoms with Crippen molar-refractivity contribution in [3.05, 3.63) is 71.8 Å². The fourth-order valence-corrected chi connectivity index (χ4v) is 1.68. The molecular weight excluding hydrogens is 287 g/mol. The predicted molar refractivity (Wildman–Crippen MR) is 69.5 cm³/mol. The van der Waals surface area contributed by atoms with Crippen molar-refractivity contribution in [1.82, 2.24) is 0 Å². The third-order valence-electron chi connectivity index (χ3n) is 2.52. The molecule has 0 fully saturated rings. The maximum atomic E-state index is 9.14. The maximum Gasteiger partial charge on any atom is 0.139 e. The molecule has 0 atom stereocenters. The molecule has 0 aromatic heterocycles. The molecule has 2 rings (SSSR count). The van der Waals surface area contributed by atoms with Crippen molar-refractivity contribution in [2.75, 3.05) is 0 Å². The standard InChI is InChI=1S/C14H12N2O2.Ni/c17-15-13(11-7-3-1-4-8-11)14(16-18)12-9-5-2-6-10-12;/h1-10,17-18H;. The second kappa shape index (κ2) is 7.34. The summed E-state index contributed by atoms with van der Waals surface area (Å²) in [6, 6.07) is 18.1. The van der Waals surface area contributed by atoms with Gasteiger partial charge in [0.2, 0.25) is 0 Å². The zero-order valence-corrected chi connectivity index (χ0v) is 10.9. The molecule has 0 saturated heterocycles. The number of oxime groups is 2. The third kappa shape index (κ3) is 3.42. The Hall–Kier alpha value is -2.13. The second-order valence-electron chi connectivity index (χ2n) is 3.63. The van der Waals surface area contributed by atoms with Gasteiger partial charge in [-0.25, -0.2) is 0 Å². The molecule has 0 spiro atoms. The molecule has 0 amide bonds. The van der Waals surface area contributed by atoms with Crippen molar-refractivity contribution in [1.29, 1.82) is 0 Å². The molecule has 2 aromatic carbocycles. The van der Waals surface area contributed by atoms with Gasteiger partial charge >= 0.3 is 0 Å². The summed E-state index contributed by atoms with van der Waals surface area (Å²) in [4.78, 5) is 0. The minimum absolute atomic E-state index is 0. The van der Waals surface area contributed by atoms with Gasteiger partial charge in [0.25, 0.3) is 0 Å². The van der Waals surface area contributed by atoms with E-state index in [1.807, 2.05) is 36.4 Å². The van der Waals surface area contributed by atoms with Gasteiger partial charge in [-0.3, -0.25) is 0 Å². The number of rotatable bonds is 3. The van der Waals surface area contributed by atoms with Gasteiger partial charge in [-0.2, -0.15) is 0 Å². The van der Waals surface area contributed by atoms with Crippen LogP contribution in [0.25, 0.3) is 0 Å².